The zero-order chi connectivity index (χ0) is 18.2. The second-order valence-electron chi connectivity index (χ2n) is 5.26. The van der Waals surface area contributed by atoms with Crippen molar-refractivity contribution in [1.82, 2.24) is 5.32 Å². The van der Waals surface area contributed by atoms with Gasteiger partial charge in [0.2, 0.25) is 5.91 Å². The topological polar surface area (TPSA) is 87.3 Å². The molecule has 0 aliphatic rings. The van der Waals surface area contributed by atoms with Crippen LogP contribution in [0.4, 0.5) is 11.4 Å². The molecule has 2 rings (SSSR count). The highest BCUT2D eigenvalue weighted by molar-refractivity contribution is 6.09. The van der Waals surface area contributed by atoms with Crippen LogP contribution in [0.5, 0.6) is 0 Å². The van der Waals surface area contributed by atoms with E-state index in [2.05, 4.69) is 22.5 Å². The van der Waals surface area contributed by atoms with E-state index in [9.17, 15) is 14.4 Å². The first-order chi connectivity index (χ1) is 12.0. The van der Waals surface area contributed by atoms with Crippen LogP contribution in [0, 0.1) is 0 Å². The Labute approximate surface area is 145 Å². The van der Waals surface area contributed by atoms with Crippen molar-refractivity contribution in [2.24, 2.45) is 0 Å². The second kappa shape index (κ2) is 8.44. The fourth-order valence-corrected chi connectivity index (χ4v) is 2.15. The summed E-state index contributed by atoms with van der Waals surface area (Å²) in [6.45, 7) is 5.30. The molecule has 0 atom stereocenters. The summed E-state index contributed by atoms with van der Waals surface area (Å²) in [6.07, 6.45) is 1.58. The number of anilines is 2. The van der Waals surface area contributed by atoms with E-state index >= 15 is 0 Å². The number of carbonyl (C=O) groups excluding carboxylic acids is 3. The van der Waals surface area contributed by atoms with Gasteiger partial charge in [-0.25, -0.2) is 0 Å². The molecule has 128 valence electrons. The van der Waals surface area contributed by atoms with Gasteiger partial charge in [0.1, 0.15) is 0 Å². The molecule has 3 N–H and O–H groups in total. The first-order valence-corrected chi connectivity index (χ1v) is 7.68. The van der Waals surface area contributed by atoms with Crippen LogP contribution in [-0.2, 0) is 4.79 Å². The fourth-order valence-electron chi connectivity index (χ4n) is 2.15. The molecule has 0 unspecified atom stereocenters. The van der Waals surface area contributed by atoms with Crippen LogP contribution in [-0.4, -0.2) is 24.3 Å². The summed E-state index contributed by atoms with van der Waals surface area (Å²) in [6, 6.07) is 13.2. The molecule has 0 fully saturated rings. The predicted molar refractivity (Wildman–Crippen MR) is 97.7 cm³/mol. The van der Waals surface area contributed by atoms with Crippen LogP contribution >= 0.6 is 0 Å². The Morgan fingerprint density at radius 2 is 1.64 bits per heavy atom. The molecule has 0 aliphatic heterocycles. The molecule has 25 heavy (non-hydrogen) atoms. The lowest BCUT2D eigenvalue weighted by molar-refractivity contribution is -0.114. The molecule has 0 bridgehead atoms. The number of carbonyl (C=O) groups is 3. The number of rotatable bonds is 6. The minimum Gasteiger partial charge on any atom is -0.349 e. The average Bonchev–Trinajstić information content (AvgIpc) is 2.60. The first kappa shape index (κ1) is 17.9. The van der Waals surface area contributed by atoms with Gasteiger partial charge in [0, 0.05) is 24.7 Å². The number of hydrogen-bond donors (Lipinski definition) is 3. The molecule has 0 spiro atoms. The number of benzene rings is 2. The van der Waals surface area contributed by atoms with Gasteiger partial charge in [0.05, 0.1) is 11.3 Å². The van der Waals surface area contributed by atoms with E-state index in [1.165, 1.54) is 6.92 Å². The summed E-state index contributed by atoms with van der Waals surface area (Å²) < 4.78 is 0. The molecular formula is C19H19N3O3. The monoisotopic (exact) mass is 337 g/mol. The van der Waals surface area contributed by atoms with Crippen LogP contribution < -0.4 is 16.0 Å². The first-order valence-electron chi connectivity index (χ1n) is 7.68. The molecule has 0 aliphatic carbocycles. The minimum absolute atomic E-state index is 0.184. The van der Waals surface area contributed by atoms with E-state index in [-0.39, 0.29) is 17.7 Å². The molecule has 6 nitrogen and oxygen atoms in total. The van der Waals surface area contributed by atoms with E-state index in [0.29, 0.717) is 29.0 Å². The Morgan fingerprint density at radius 3 is 2.28 bits per heavy atom. The van der Waals surface area contributed by atoms with Crippen molar-refractivity contribution >= 4 is 29.1 Å². The van der Waals surface area contributed by atoms with Gasteiger partial charge in [-0.1, -0.05) is 18.2 Å². The van der Waals surface area contributed by atoms with E-state index in [1.54, 1.807) is 54.6 Å². The smallest absolute Gasteiger partial charge is 0.255 e. The van der Waals surface area contributed by atoms with Crippen molar-refractivity contribution in [3.8, 4) is 0 Å². The minimum atomic E-state index is -0.349. The normalized spacial score (nSPS) is 9.80. The quantitative estimate of drug-likeness (QED) is 0.708. The average molecular weight is 337 g/mol. The molecule has 3 amide bonds. The fraction of sp³-hybridized carbons (Fsp3) is 0.105. The third-order valence-corrected chi connectivity index (χ3v) is 3.29. The Bertz CT molecular complexity index is 798. The lowest BCUT2D eigenvalue weighted by Gasteiger charge is -2.11. The number of hydrogen-bond acceptors (Lipinski definition) is 3. The van der Waals surface area contributed by atoms with Gasteiger partial charge in [0.15, 0.2) is 0 Å². The summed E-state index contributed by atoms with van der Waals surface area (Å²) in [5.74, 6) is -0.827. The molecule has 6 heteroatoms. The Kier molecular flexibility index (Phi) is 6.06. The Morgan fingerprint density at radius 1 is 0.960 bits per heavy atom. The molecule has 0 saturated heterocycles. The van der Waals surface area contributed by atoms with Crippen LogP contribution in [0.3, 0.4) is 0 Å². The summed E-state index contributed by atoms with van der Waals surface area (Å²) in [7, 11) is 0. The van der Waals surface area contributed by atoms with Crippen molar-refractivity contribution in [2.75, 3.05) is 17.2 Å². The maximum atomic E-state index is 12.4. The number of nitrogens with one attached hydrogen (secondary N) is 3. The van der Waals surface area contributed by atoms with Gasteiger partial charge in [0.25, 0.3) is 11.8 Å². The van der Waals surface area contributed by atoms with E-state index < -0.39 is 0 Å². The van der Waals surface area contributed by atoms with Crippen LogP contribution in [0.25, 0.3) is 0 Å². The molecule has 0 radical (unpaired) electrons. The zero-order valence-electron chi connectivity index (χ0n) is 13.8. The Hall–Kier alpha value is -3.41. The summed E-state index contributed by atoms with van der Waals surface area (Å²) in [5.41, 5.74) is 1.80. The van der Waals surface area contributed by atoms with Gasteiger partial charge >= 0.3 is 0 Å². The number of para-hydroxylation sites is 1. The van der Waals surface area contributed by atoms with Gasteiger partial charge in [-0.15, -0.1) is 6.58 Å². The maximum absolute atomic E-state index is 12.4. The number of amides is 3. The lowest BCUT2D eigenvalue weighted by Crippen LogP contribution is -2.25. The second-order valence-corrected chi connectivity index (χ2v) is 5.26. The SMILES string of the molecule is C=CCNC(=O)c1ccccc1NC(=O)c1ccc(NC(C)=O)cc1. The van der Waals surface area contributed by atoms with Crippen molar-refractivity contribution < 1.29 is 14.4 Å². The molecular weight excluding hydrogens is 318 g/mol. The van der Waals surface area contributed by atoms with Crippen LogP contribution in [0.15, 0.2) is 61.2 Å². The van der Waals surface area contributed by atoms with E-state index in [1.807, 2.05) is 0 Å². The predicted octanol–water partition coefficient (Wildman–Crippen LogP) is 2.81. The van der Waals surface area contributed by atoms with Gasteiger partial charge in [-0.05, 0) is 36.4 Å². The van der Waals surface area contributed by atoms with Gasteiger partial charge < -0.3 is 16.0 Å². The summed E-state index contributed by atoms with van der Waals surface area (Å²) in [5, 5.41) is 8.04. The van der Waals surface area contributed by atoms with E-state index in [0.717, 1.165) is 0 Å². The highest BCUT2D eigenvalue weighted by Gasteiger charge is 2.13. The highest BCUT2D eigenvalue weighted by Crippen LogP contribution is 2.17. The molecule has 0 aromatic heterocycles. The third-order valence-electron chi connectivity index (χ3n) is 3.29. The molecule has 2 aromatic carbocycles. The van der Waals surface area contributed by atoms with Crippen LogP contribution in [0.1, 0.15) is 27.6 Å². The summed E-state index contributed by atoms with van der Waals surface area (Å²) in [4.78, 5) is 35.5. The molecule has 2 aromatic rings. The van der Waals surface area contributed by atoms with Crippen LogP contribution in [0.2, 0.25) is 0 Å². The van der Waals surface area contributed by atoms with Gasteiger partial charge in [-0.2, -0.15) is 0 Å². The van der Waals surface area contributed by atoms with Gasteiger partial charge in [-0.3, -0.25) is 14.4 Å². The summed E-state index contributed by atoms with van der Waals surface area (Å²) >= 11 is 0. The Balaban J connectivity index is 2.14. The molecule has 0 heterocycles. The van der Waals surface area contributed by atoms with Crippen molar-refractivity contribution in [2.45, 2.75) is 6.92 Å². The third kappa shape index (κ3) is 5.04. The van der Waals surface area contributed by atoms with E-state index in [4.69, 9.17) is 0 Å². The standard InChI is InChI=1S/C19H19N3O3/c1-3-12-20-19(25)16-6-4-5-7-17(16)22-18(24)14-8-10-15(11-9-14)21-13(2)23/h3-11H,1,12H2,2H3,(H,20,25)(H,21,23)(H,22,24). The largest absolute Gasteiger partial charge is 0.349 e. The highest BCUT2D eigenvalue weighted by atomic mass is 16.2. The van der Waals surface area contributed by atoms with Crippen molar-refractivity contribution in [3.05, 3.63) is 72.3 Å². The van der Waals surface area contributed by atoms with Crippen molar-refractivity contribution in [1.29, 1.82) is 0 Å². The maximum Gasteiger partial charge on any atom is 0.255 e. The van der Waals surface area contributed by atoms with Crippen molar-refractivity contribution in [3.63, 3.8) is 0 Å². The zero-order valence-corrected chi connectivity index (χ0v) is 13.8. The molecule has 0 saturated carbocycles. The lowest BCUT2D eigenvalue weighted by atomic mass is 10.1.